The van der Waals surface area contributed by atoms with Crippen molar-refractivity contribution >= 4 is 21.7 Å². The number of carbonyl (C=O) groups is 1. The lowest BCUT2D eigenvalue weighted by Gasteiger charge is -2.09. The molecule has 0 N–H and O–H groups in total. The summed E-state index contributed by atoms with van der Waals surface area (Å²) in [5.41, 5.74) is 0.00931. The second-order valence-corrected chi connectivity index (χ2v) is 3.67. The molecule has 0 fully saturated rings. The zero-order valence-corrected chi connectivity index (χ0v) is 9.52. The highest BCUT2D eigenvalue weighted by Crippen LogP contribution is 2.27. The van der Waals surface area contributed by atoms with Gasteiger partial charge in [0, 0.05) is 4.47 Å². The van der Waals surface area contributed by atoms with Crippen LogP contribution in [-0.4, -0.2) is 12.4 Å². The second kappa shape index (κ2) is 4.55. The van der Waals surface area contributed by atoms with E-state index >= 15 is 0 Å². The van der Waals surface area contributed by atoms with E-state index in [1.54, 1.807) is 13.0 Å². The molecule has 0 spiro atoms. The first-order valence-corrected chi connectivity index (χ1v) is 4.98. The first-order valence-electron chi connectivity index (χ1n) is 4.19. The molecule has 76 valence electrons. The average molecular weight is 261 g/mol. The Morgan fingerprint density at radius 2 is 2.21 bits per heavy atom. The maximum Gasteiger partial charge on any atom is 0.166 e. The van der Waals surface area contributed by atoms with Crippen LogP contribution in [0, 0.1) is 5.82 Å². The van der Waals surface area contributed by atoms with Crippen LogP contribution in [-0.2, 0) is 0 Å². The Morgan fingerprint density at radius 1 is 1.57 bits per heavy atom. The van der Waals surface area contributed by atoms with Gasteiger partial charge in [-0.1, -0.05) is 15.9 Å². The van der Waals surface area contributed by atoms with Gasteiger partial charge >= 0.3 is 0 Å². The van der Waals surface area contributed by atoms with E-state index in [0.717, 1.165) is 0 Å². The van der Waals surface area contributed by atoms with Crippen molar-refractivity contribution < 1.29 is 13.9 Å². The minimum atomic E-state index is -0.560. The van der Waals surface area contributed by atoms with E-state index < -0.39 is 5.82 Å². The van der Waals surface area contributed by atoms with E-state index in [0.29, 0.717) is 11.1 Å². The lowest BCUT2D eigenvalue weighted by atomic mass is 10.1. The Kier molecular flexibility index (Phi) is 3.63. The van der Waals surface area contributed by atoms with Gasteiger partial charge in [-0.2, -0.15) is 0 Å². The van der Waals surface area contributed by atoms with Crippen LogP contribution in [0.4, 0.5) is 4.39 Å². The number of rotatable bonds is 3. The summed E-state index contributed by atoms with van der Waals surface area (Å²) in [5.74, 6) is -0.611. The maximum absolute atomic E-state index is 13.4. The van der Waals surface area contributed by atoms with Crippen molar-refractivity contribution in [1.82, 2.24) is 0 Å². The van der Waals surface area contributed by atoms with Crippen molar-refractivity contribution in [1.29, 1.82) is 0 Å². The quantitative estimate of drug-likeness (QED) is 0.781. The summed E-state index contributed by atoms with van der Waals surface area (Å²) >= 11 is 3.13. The number of hydrogen-bond acceptors (Lipinski definition) is 2. The van der Waals surface area contributed by atoms with Crippen LogP contribution in [0.15, 0.2) is 16.6 Å². The summed E-state index contributed by atoms with van der Waals surface area (Å²) in [6.07, 6.45) is 0. The van der Waals surface area contributed by atoms with E-state index in [1.807, 2.05) is 0 Å². The molecule has 2 nitrogen and oxygen atoms in total. The molecule has 0 aromatic heterocycles. The van der Waals surface area contributed by atoms with E-state index in [-0.39, 0.29) is 17.1 Å². The highest BCUT2D eigenvalue weighted by atomic mass is 79.9. The highest BCUT2D eigenvalue weighted by molar-refractivity contribution is 9.10. The fraction of sp³-hybridized carbons (Fsp3) is 0.300. The van der Waals surface area contributed by atoms with Gasteiger partial charge in [0.1, 0.15) is 11.6 Å². The molecule has 1 rings (SSSR count). The van der Waals surface area contributed by atoms with Crippen molar-refractivity contribution in [3.05, 3.63) is 28.0 Å². The molecule has 0 aliphatic rings. The molecule has 0 aliphatic heterocycles. The number of benzene rings is 1. The number of ketones is 1. The molecule has 0 atom stereocenters. The van der Waals surface area contributed by atoms with Gasteiger partial charge in [0.25, 0.3) is 0 Å². The first-order chi connectivity index (χ1) is 6.56. The third-order valence-electron chi connectivity index (χ3n) is 1.67. The zero-order valence-electron chi connectivity index (χ0n) is 7.93. The Labute approximate surface area is 90.2 Å². The minimum Gasteiger partial charge on any atom is -0.493 e. The number of Topliss-reactive ketones (excluding diaryl/α,β-unsaturated/α-hetero) is 1. The highest BCUT2D eigenvalue weighted by Gasteiger charge is 2.15. The van der Waals surface area contributed by atoms with Gasteiger partial charge in [-0.15, -0.1) is 0 Å². The van der Waals surface area contributed by atoms with Crippen molar-refractivity contribution in [3.8, 4) is 5.75 Å². The van der Waals surface area contributed by atoms with Crippen molar-refractivity contribution in [2.45, 2.75) is 13.8 Å². The molecule has 0 aliphatic carbocycles. The Morgan fingerprint density at radius 3 is 2.71 bits per heavy atom. The fourth-order valence-electron chi connectivity index (χ4n) is 1.16. The number of ether oxygens (including phenoxy) is 1. The number of carbonyl (C=O) groups excluding carboxylic acids is 1. The predicted molar refractivity (Wildman–Crippen MR) is 55.3 cm³/mol. The van der Waals surface area contributed by atoms with Crippen LogP contribution in [0.5, 0.6) is 5.75 Å². The van der Waals surface area contributed by atoms with Crippen molar-refractivity contribution in [2.24, 2.45) is 0 Å². The van der Waals surface area contributed by atoms with Crippen LogP contribution < -0.4 is 4.74 Å². The van der Waals surface area contributed by atoms with Crippen LogP contribution in [0.1, 0.15) is 24.2 Å². The standard InChI is InChI=1S/C10H10BrFO2/c1-3-14-9-5-7(11)4-8(12)10(9)6(2)13/h4-5H,3H2,1-2H3. The summed E-state index contributed by atoms with van der Waals surface area (Å²) < 4.78 is 19.1. The molecule has 0 radical (unpaired) electrons. The van der Waals surface area contributed by atoms with Gasteiger partial charge in [0.2, 0.25) is 0 Å². The van der Waals surface area contributed by atoms with E-state index in [4.69, 9.17) is 4.74 Å². The van der Waals surface area contributed by atoms with Crippen LogP contribution >= 0.6 is 15.9 Å². The van der Waals surface area contributed by atoms with E-state index in [2.05, 4.69) is 15.9 Å². The third kappa shape index (κ3) is 2.32. The summed E-state index contributed by atoms with van der Waals surface area (Å²) in [4.78, 5) is 11.1. The fourth-order valence-corrected chi connectivity index (χ4v) is 1.57. The van der Waals surface area contributed by atoms with E-state index in [9.17, 15) is 9.18 Å². The largest absolute Gasteiger partial charge is 0.493 e. The van der Waals surface area contributed by atoms with Gasteiger partial charge in [-0.25, -0.2) is 4.39 Å². The van der Waals surface area contributed by atoms with Gasteiger partial charge < -0.3 is 4.74 Å². The molecule has 0 heterocycles. The monoisotopic (exact) mass is 260 g/mol. The Bertz CT molecular complexity index is 363. The smallest absolute Gasteiger partial charge is 0.166 e. The van der Waals surface area contributed by atoms with Crippen LogP contribution in [0.2, 0.25) is 0 Å². The molecule has 0 saturated heterocycles. The van der Waals surface area contributed by atoms with Gasteiger partial charge in [0.15, 0.2) is 5.78 Å². The molecule has 0 amide bonds. The SMILES string of the molecule is CCOc1cc(Br)cc(F)c1C(C)=O. The zero-order chi connectivity index (χ0) is 10.7. The molecule has 14 heavy (non-hydrogen) atoms. The third-order valence-corrected chi connectivity index (χ3v) is 2.13. The molecule has 4 heteroatoms. The molecule has 1 aromatic carbocycles. The van der Waals surface area contributed by atoms with Crippen LogP contribution in [0.25, 0.3) is 0 Å². The topological polar surface area (TPSA) is 26.3 Å². The predicted octanol–water partition coefficient (Wildman–Crippen LogP) is 3.19. The lowest BCUT2D eigenvalue weighted by molar-refractivity contribution is 0.101. The first kappa shape index (κ1) is 11.2. The van der Waals surface area contributed by atoms with Gasteiger partial charge in [0.05, 0.1) is 12.2 Å². The van der Waals surface area contributed by atoms with Gasteiger partial charge in [-0.3, -0.25) is 4.79 Å². The number of halogens is 2. The Balaban J connectivity index is 3.28. The summed E-state index contributed by atoms with van der Waals surface area (Å²) in [6.45, 7) is 3.49. The molecular weight excluding hydrogens is 251 g/mol. The summed E-state index contributed by atoms with van der Waals surface area (Å²) in [5, 5.41) is 0. The molecule has 0 bridgehead atoms. The molecule has 1 aromatic rings. The van der Waals surface area contributed by atoms with Crippen molar-refractivity contribution in [3.63, 3.8) is 0 Å². The Hall–Kier alpha value is -0.900. The number of hydrogen-bond donors (Lipinski definition) is 0. The van der Waals surface area contributed by atoms with Crippen LogP contribution in [0.3, 0.4) is 0 Å². The van der Waals surface area contributed by atoms with E-state index in [1.165, 1.54) is 13.0 Å². The summed E-state index contributed by atoms with van der Waals surface area (Å²) in [7, 11) is 0. The minimum absolute atomic E-state index is 0.00931. The van der Waals surface area contributed by atoms with Crippen molar-refractivity contribution in [2.75, 3.05) is 6.61 Å². The lowest BCUT2D eigenvalue weighted by Crippen LogP contribution is -2.03. The molecular formula is C10H10BrFO2. The molecule has 0 saturated carbocycles. The average Bonchev–Trinajstić information content (AvgIpc) is 2.01. The van der Waals surface area contributed by atoms with Gasteiger partial charge in [-0.05, 0) is 26.0 Å². The summed E-state index contributed by atoms with van der Waals surface area (Å²) in [6, 6.07) is 2.84. The molecule has 0 unspecified atom stereocenters. The normalized spacial score (nSPS) is 10.0. The maximum atomic E-state index is 13.4. The second-order valence-electron chi connectivity index (χ2n) is 2.75.